The molecular weight excluding hydrogens is 419 g/mol. The summed E-state index contributed by atoms with van der Waals surface area (Å²) in [5.74, 6) is 1.83. The van der Waals surface area contributed by atoms with E-state index in [0.717, 1.165) is 38.1 Å². The van der Waals surface area contributed by atoms with Crippen LogP contribution in [-0.2, 0) is 6.54 Å². The van der Waals surface area contributed by atoms with Crippen LogP contribution in [0.2, 0.25) is 0 Å². The molecule has 2 N–H and O–H groups in total. The molecule has 1 aromatic heterocycles. The Bertz CT molecular complexity index is 467. The Balaban J connectivity index is 0.00000264. The lowest BCUT2D eigenvalue weighted by Gasteiger charge is -2.30. The Morgan fingerprint density at radius 2 is 2.09 bits per heavy atom. The molecule has 0 saturated carbocycles. The molecule has 0 amide bonds. The summed E-state index contributed by atoms with van der Waals surface area (Å²) >= 11 is 1.79. The quantitative estimate of drug-likeness (QED) is 0.396. The average molecular weight is 450 g/mol. The van der Waals surface area contributed by atoms with E-state index >= 15 is 0 Å². The zero-order valence-electron chi connectivity index (χ0n) is 14.6. The van der Waals surface area contributed by atoms with Crippen molar-refractivity contribution >= 4 is 41.3 Å². The van der Waals surface area contributed by atoms with Gasteiger partial charge in [-0.1, -0.05) is 6.92 Å². The molecule has 0 spiro atoms. The number of guanidine groups is 1. The molecule has 0 bridgehead atoms. The van der Waals surface area contributed by atoms with E-state index in [9.17, 15) is 0 Å². The van der Waals surface area contributed by atoms with Crippen molar-refractivity contribution < 1.29 is 0 Å². The molecule has 1 aliphatic heterocycles. The molecule has 2 rings (SSSR count). The Morgan fingerprint density at radius 1 is 1.35 bits per heavy atom. The average Bonchev–Trinajstić information content (AvgIpc) is 2.92. The van der Waals surface area contributed by atoms with Gasteiger partial charge in [0.15, 0.2) is 5.96 Å². The highest BCUT2D eigenvalue weighted by Crippen LogP contribution is 2.16. The molecule has 0 aromatic carbocycles. The fourth-order valence-corrected chi connectivity index (χ4v) is 3.51. The summed E-state index contributed by atoms with van der Waals surface area (Å²) in [6.07, 6.45) is 2.68. The van der Waals surface area contributed by atoms with Crippen molar-refractivity contribution in [2.24, 2.45) is 10.9 Å². The highest BCUT2D eigenvalue weighted by Gasteiger charge is 2.14. The molecule has 1 saturated heterocycles. The van der Waals surface area contributed by atoms with Gasteiger partial charge in [0.25, 0.3) is 0 Å². The van der Waals surface area contributed by atoms with Gasteiger partial charge in [-0.25, -0.2) is 4.99 Å². The summed E-state index contributed by atoms with van der Waals surface area (Å²) in [5.41, 5.74) is 1.34. The first-order valence-corrected chi connectivity index (χ1v) is 9.34. The van der Waals surface area contributed by atoms with Gasteiger partial charge in [0, 0.05) is 24.5 Å². The van der Waals surface area contributed by atoms with Crippen molar-refractivity contribution in [3.05, 3.63) is 21.9 Å². The number of likely N-dealkylation sites (tertiary alicyclic amines) is 1. The molecule has 1 fully saturated rings. The van der Waals surface area contributed by atoms with Gasteiger partial charge in [-0.2, -0.15) is 0 Å². The van der Waals surface area contributed by atoms with Gasteiger partial charge in [0.2, 0.25) is 0 Å². The van der Waals surface area contributed by atoms with Crippen molar-refractivity contribution in [2.45, 2.75) is 40.2 Å². The van der Waals surface area contributed by atoms with Crippen LogP contribution in [0.5, 0.6) is 0 Å². The molecule has 1 aliphatic rings. The lowest BCUT2D eigenvalue weighted by molar-refractivity contribution is 0.195. The van der Waals surface area contributed by atoms with Gasteiger partial charge in [0.05, 0.1) is 6.54 Å². The van der Waals surface area contributed by atoms with Crippen LogP contribution < -0.4 is 10.6 Å². The van der Waals surface area contributed by atoms with E-state index in [1.807, 2.05) is 0 Å². The number of nitrogens with zero attached hydrogens (tertiary/aromatic N) is 2. The molecule has 23 heavy (non-hydrogen) atoms. The maximum Gasteiger partial charge on any atom is 0.191 e. The number of aryl methyl sites for hydroxylation is 1. The van der Waals surface area contributed by atoms with Gasteiger partial charge >= 0.3 is 0 Å². The van der Waals surface area contributed by atoms with Gasteiger partial charge < -0.3 is 15.5 Å². The smallest absolute Gasteiger partial charge is 0.191 e. The van der Waals surface area contributed by atoms with Crippen LogP contribution in [0.3, 0.4) is 0 Å². The van der Waals surface area contributed by atoms with Crippen molar-refractivity contribution in [1.82, 2.24) is 15.5 Å². The van der Waals surface area contributed by atoms with Crippen LogP contribution in [0.4, 0.5) is 0 Å². The van der Waals surface area contributed by atoms with Crippen LogP contribution in [0.1, 0.15) is 37.1 Å². The minimum atomic E-state index is 0. The third-order valence-electron chi connectivity index (χ3n) is 4.29. The number of hydrogen-bond donors (Lipinski definition) is 2. The van der Waals surface area contributed by atoms with Gasteiger partial charge in [0.1, 0.15) is 0 Å². The minimum Gasteiger partial charge on any atom is -0.357 e. The van der Waals surface area contributed by atoms with Crippen molar-refractivity contribution in [3.8, 4) is 0 Å². The summed E-state index contributed by atoms with van der Waals surface area (Å²) in [5, 5.41) is 8.93. The van der Waals surface area contributed by atoms with Crippen molar-refractivity contribution in [1.29, 1.82) is 0 Å². The Kier molecular flexibility index (Phi) is 10.1. The second-order valence-electron chi connectivity index (χ2n) is 6.17. The first kappa shape index (κ1) is 20.7. The molecule has 1 aromatic rings. The number of halogens is 1. The monoisotopic (exact) mass is 450 g/mol. The second kappa shape index (κ2) is 11.3. The van der Waals surface area contributed by atoms with Crippen molar-refractivity contribution in [2.75, 3.05) is 32.7 Å². The lowest BCUT2D eigenvalue weighted by atomic mass is 9.99. The van der Waals surface area contributed by atoms with Crippen LogP contribution in [-0.4, -0.2) is 43.6 Å². The number of rotatable bonds is 6. The van der Waals surface area contributed by atoms with Gasteiger partial charge in [-0.3, -0.25) is 0 Å². The molecule has 0 unspecified atom stereocenters. The summed E-state index contributed by atoms with van der Waals surface area (Å²) in [6, 6.07) is 2.16. The van der Waals surface area contributed by atoms with Crippen LogP contribution in [0.15, 0.2) is 16.4 Å². The van der Waals surface area contributed by atoms with Gasteiger partial charge in [-0.15, -0.1) is 35.3 Å². The minimum absolute atomic E-state index is 0. The highest BCUT2D eigenvalue weighted by molar-refractivity contribution is 14.0. The van der Waals surface area contributed by atoms with E-state index in [-0.39, 0.29) is 24.0 Å². The SMILES string of the molecule is CCNC(=NCc1sccc1C)NCCN1CCC(C)CC1.I. The van der Waals surface area contributed by atoms with E-state index < -0.39 is 0 Å². The third kappa shape index (κ3) is 7.39. The van der Waals surface area contributed by atoms with E-state index in [2.05, 4.69) is 47.8 Å². The standard InChI is InChI=1S/C17H30N4S.HI/c1-4-18-17(20-13-16-15(3)7-12-22-16)19-8-11-21-9-5-14(2)6-10-21;/h7,12,14H,4-6,8-11,13H2,1-3H3,(H2,18,19,20);1H. The maximum atomic E-state index is 4.70. The largest absolute Gasteiger partial charge is 0.357 e. The number of thiophene rings is 1. The second-order valence-corrected chi connectivity index (χ2v) is 7.17. The van der Waals surface area contributed by atoms with Gasteiger partial charge in [-0.05, 0) is 62.7 Å². The Morgan fingerprint density at radius 3 is 2.70 bits per heavy atom. The maximum absolute atomic E-state index is 4.70. The predicted octanol–water partition coefficient (Wildman–Crippen LogP) is 3.46. The summed E-state index contributed by atoms with van der Waals surface area (Å²) in [6.45, 7) is 12.8. The molecule has 2 heterocycles. The summed E-state index contributed by atoms with van der Waals surface area (Å²) in [7, 11) is 0. The Labute approximate surface area is 162 Å². The molecule has 0 radical (unpaired) electrons. The zero-order valence-corrected chi connectivity index (χ0v) is 17.7. The number of hydrogen-bond acceptors (Lipinski definition) is 3. The molecular formula is C17H31IN4S. The summed E-state index contributed by atoms with van der Waals surface area (Å²) < 4.78 is 0. The van der Waals surface area contributed by atoms with Crippen molar-refractivity contribution in [3.63, 3.8) is 0 Å². The number of nitrogens with one attached hydrogen (secondary N) is 2. The first-order chi connectivity index (χ1) is 10.7. The van der Waals surface area contributed by atoms with Crippen LogP contribution >= 0.6 is 35.3 Å². The fourth-order valence-electron chi connectivity index (χ4n) is 2.68. The number of piperidine rings is 1. The molecule has 0 atom stereocenters. The van der Waals surface area contributed by atoms with Crippen LogP contribution in [0, 0.1) is 12.8 Å². The highest BCUT2D eigenvalue weighted by atomic mass is 127. The van der Waals surface area contributed by atoms with E-state index in [4.69, 9.17) is 4.99 Å². The predicted molar refractivity (Wildman–Crippen MR) is 112 cm³/mol. The molecule has 0 aliphatic carbocycles. The topological polar surface area (TPSA) is 39.7 Å². The Hall–Kier alpha value is -0.340. The molecule has 132 valence electrons. The summed E-state index contributed by atoms with van der Waals surface area (Å²) in [4.78, 5) is 8.60. The van der Waals surface area contributed by atoms with E-state index in [1.54, 1.807) is 11.3 Å². The number of aliphatic imine (C=N–C) groups is 1. The zero-order chi connectivity index (χ0) is 15.8. The molecule has 6 heteroatoms. The molecule has 4 nitrogen and oxygen atoms in total. The van der Waals surface area contributed by atoms with Crippen LogP contribution in [0.25, 0.3) is 0 Å². The lowest BCUT2D eigenvalue weighted by Crippen LogP contribution is -2.43. The van der Waals surface area contributed by atoms with E-state index in [0.29, 0.717) is 0 Å². The normalized spacial score (nSPS) is 16.9. The van der Waals surface area contributed by atoms with E-state index in [1.165, 1.54) is 36.4 Å². The third-order valence-corrected chi connectivity index (χ3v) is 5.30. The first-order valence-electron chi connectivity index (χ1n) is 8.46. The fraction of sp³-hybridized carbons (Fsp3) is 0.706.